The molecule has 1 rings (SSSR count). The summed E-state index contributed by atoms with van der Waals surface area (Å²) in [7, 11) is -4.01. The van der Waals surface area contributed by atoms with E-state index in [1.54, 1.807) is 0 Å². The van der Waals surface area contributed by atoms with Crippen molar-refractivity contribution in [2.45, 2.75) is 31.2 Å². The summed E-state index contributed by atoms with van der Waals surface area (Å²) in [4.78, 5) is 10.7. The van der Waals surface area contributed by atoms with Crippen molar-refractivity contribution < 1.29 is 22.7 Å². The standard InChI is InChI=1S/C11H14FNO4S/c1-7-6-8(12)4-5-9(7)18(16,17)13-11(2,3)10(14)15/h4-6,13H,1-3H3,(H,14,15). The Morgan fingerprint density at radius 3 is 2.39 bits per heavy atom. The van der Waals surface area contributed by atoms with E-state index >= 15 is 0 Å². The summed E-state index contributed by atoms with van der Waals surface area (Å²) in [5.41, 5.74) is -1.43. The van der Waals surface area contributed by atoms with Gasteiger partial charge in [0, 0.05) is 0 Å². The fourth-order valence-corrected chi connectivity index (χ4v) is 2.95. The number of carboxylic acid groups (broad SMARTS) is 1. The second-order valence-corrected chi connectivity index (χ2v) is 6.10. The Bertz CT molecular complexity index is 581. The van der Waals surface area contributed by atoms with Crippen molar-refractivity contribution in [3.63, 3.8) is 0 Å². The Morgan fingerprint density at radius 2 is 1.94 bits per heavy atom. The van der Waals surface area contributed by atoms with Gasteiger partial charge in [0.25, 0.3) is 0 Å². The number of rotatable bonds is 4. The van der Waals surface area contributed by atoms with Gasteiger partial charge in [0.2, 0.25) is 10.0 Å². The van der Waals surface area contributed by atoms with Crippen LogP contribution in [-0.4, -0.2) is 25.0 Å². The highest BCUT2D eigenvalue weighted by Gasteiger charge is 2.33. The molecule has 0 fully saturated rings. The Labute approximate surface area is 105 Å². The molecule has 0 aromatic heterocycles. The van der Waals surface area contributed by atoms with Gasteiger partial charge >= 0.3 is 5.97 Å². The highest BCUT2D eigenvalue weighted by atomic mass is 32.2. The van der Waals surface area contributed by atoms with Crippen LogP contribution in [0, 0.1) is 12.7 Å². The van der Waals surface area contributed by atoms with E-state index in [4.69, 9.17) is 5.11 Å². The molecule has 18 heavy (non-hydrogen) atoms. The molecule has 5 nitrogen and oxygen atoms in total. The van der Waals surface area contributed by atoms with Crippen LogP contribution < -0.4 is 4.72 Å². The number of hydrogen-bond acceptors (Lipinski definition) is 3. The Hall–Kier alpha value is -1.47. The molecule has 0 aliphatic rings. The number of benzene rings is 1. The van der Waals surface area contributed by atoms with Gasteiger partial charge in [-0.05, 0) is 44.5 Å². The van der Waals surface area contributed by atoms with Crippen LogP contribution in [0.4, 0.5) is 4.39 Å². The lowest BCUT2D eigenvalue weighted by atomic mass is 10.1. The lowest BCUT2D eigenvalue weighted by molar-refractivity contribution is -0.142. The molecule has 0 aliphatic heterocycles. The Balaban J connectivity index is 3.19. The predicted octanol–water partition coefficient (Wildman–Crippen LogP) is 1.28. The van der Waals surface area contributed by atoms with E-state index in [9.17, 15) is 17.6 Å². The van der Waals surface area contributed by atoms with Crippen LogP contribution >= 0.6 is 0 Å². The van der Waals surface area contributed by atoms with Crippen molar-refractivity contribution in [3.05, 3.63) is 29.6 Å². The lowest BCUT2D eigenvalue weighted by Crippen LogP contribution is -2.49. The first-order chi connectivity index (χ1) is 8.06. The van der Waals surface area contributed by atoms with Gasteiger partial charge in [0.05, 0.1) is 4.90 Å². The number of hydrogen-bond donors (Lipinski definition) is 2. The Kier molecular flexibility index (Phi) is 3.78. The van der Waals surface area contributed by atoms with Crippen LogP contribution in [0.25, 0.3) is 0 Å². The monoisotopic (exact) mass is 275 g/mol. The fraction of sp³-hybridized carbons (Fsp3) is 0.364. The average Bonchev–Trinajstić information content (AvgIpc) is 2.14. The summed E-state index contributed by atoms with van der Waals surface area (Å²) in [6.07, 6.45) is 0. The van der Waals surface area contributed by atoms with Crippen LogP contribution in [0.5, 0.6) is 0 Å². The molecule has 100 valence electrons. The molecule has 7 heteroatoms. The van der Waals surface area contributed by atoms with E-state index in [0.717, 1.165) is 18.2 Å². The molecule has 0 heterocycles. The van der Waals surface area contributed by atoms with Gasteiger partial charge in [-0.2, -0.15) is 4.72 Å². The second kappa shape index (κ2) is 4.66. The third-order valence-corrected chi connectivity index (χ3v) is 4.17. The largest absolute Gasteiger partial charge is 0.480 e. The minimum atomic E-state index is -4.01. The predicted molar refractivity (Wildman–Crippen MR) is 63.2 cm³/mol. The molecule has 0 bridgehead atoms. The first kappa shape index (κ1) is 14.6. The molecule has 0 aliphatic carbocycles. The maximum Gasteiger partial charge on any atom is 0.324 e. The molecule has 0 amide bonds. The number of carbonyl (C=O) groups is 1. The van der Waals surface area contributed by atoms with Crippen molar-refractivity contribution in [1.29, 1.82) is 0 Å². The van der Waals surface area contributed by atoms with E-state index in [0.29, 0.717) is 0 Å². The second-order valence-electron chi connectivity index (χ2n) is 4.45. The van der Waals surface area contributed by atoms with Crippen molar-refractivity contribution in [2.24, 2.45) is 0 Å². The fourth-order valence-electron chi connectivity index (χ4n) is 1.35. The molecule has 0 unspecified atom stereocenters. The number of nitrogens with one attached hydrogen (secondary N) is 1. The van der Waals surface area contributed by atoms with Gasteiger partial charge < -0.3 is 5.11 Å². The minimum absolute atomic E-state index is 0.141. The lowest BCUT2D eigenvalue weighted by Gasteiger charge is -2.21. The molecule has 1 aromatic rings. The van der Waals surface area contributed by atoms with Crippen LogP contribution in [0.3, 0.4) is 0 Å². The van der Waals surface area contributed by atoms with Crippen molar-refractivity contribution >= 4 is 16.0 Å². The highest BCUT2D eigenvalue weighted by Crippen LogP contribution is 2.18. The van der Waals surface area contributed by atoms with E-state index in [2.05, 4.69) is 4.72 Å². The molecule has 1 aromatic carbocycles. The molecular weight excluding hydrogens is 261 g/mol. The molecule has 2 N–H and O–H groups in total. The van der Waals surface area contributed by atoms with Gasteiger partial charge in [-0.15, -0.1) is 0 Å². The molecule has 0 spiro atoms. The molecule has 0 radical (unpaired) electrons. The van der Waals surface area contributed by atoms with Crippen molar-refractivity contribution in [1.82, 2.24) is 4.72 Å². The first-order valence-corrected chi connectivity index (χ1v) is 6.58. The van der Waals surface area contributed by atoms with Crippen LogP contribution in [0.15, 0.2) is 23.1 Å². The zero-order chi connectivity index (χ0) is 14.1. The summed E-state index contributed by atoms with van der Waals surface area (Å²) < 4.78 is 38.9. The zero-order valence-electron chi connectivity index (χ0n) is 10.2. The first-order valence-electron chi connectivity index (χ1n) is 5.10. The van der Waals surface area contributed by atoms with E-state index in [1.807, 2.05) is 0 Å². The number of aryl methyl sites for hydroxylation is 1. The highest BCUT2D eigenvalue weighted by molar-refractivity contribution is 7.89. The van der Waals surface area contributed by atoms with Crippen molar-refractivity contribution in [2.75, 3.05) is 0 Å². The van der Waals surface area contributed by atoms with Gasteiger partial charge in [0.1, 0.15) is 11.4 Å². The summed E-state index contributed by atoms with van der Waals surface area (Å²) in [6, 6.07) is 3.18. The van der Waals surface area contributed by atoms with E-state index in [-0.39, 0.29) is 10.5 Å². The molecule has 0 saturated heterocycles. The summed E-state index contributed by atoms with van der Waals surface area (Å²) in [5, 5.41) is 8.88. The quantitative estimate of drug-likeness (QED) is 0.867. The molecular formula is C11H14FNO4S. The van der Waals surface area contributed by atoms with Crippen LogP contribution in [-0.2, 0) is 14.8 Å². The number of halogens is 1. The number of aliphatic carboxylic acids is 1. The number of carboxylic acids is 1. The van der Waals surface area contributed by atoms with Gasteiger partial charge in [0.15, 0.2) is 0 Å². The van der Waals surface area contributed by atoms with E-state index in [1.165, 1.54) is 20.8 Å². The number of sulfonamides is 1. The topological polar surface area (TPSA) is 83.5 Å². The molecule has 0 saturated carbocycles. The van der Waals surface area contributed by atoms with Gasteiger partial charge in [-0.25, -0.2) is 12.8 Å². The third kappa shape index (κ3) is 3.05. The normalized spacial score (nSPS) is 12.4. The zero-order valence-corrected chi connectivity index (χ0v) is 11.0. The summed E-state index contributed by atoms with van der Waals surface area (Å²) in [5.74, 6) is -1.85. The summed E-state index contributed by atoms with van der Waals surface area (Å²) >= 11 is 0. The summed E-state index contributed by atoms with van der Waals surface area (Å²) in [6.45, 7) is 3.89. The maximum absolute atomic E-state index is 12.9. The third-order valence-electron chi connectivity index (χ3n) is 2.35. The van der Waals surface area contributed by atoms with Crippen LogP contribution in [0.1, 0.15) is 19.4 Å². The van der Waals surface area contributed by atoms with Crippen LogP contribution in [0.2, 0.25) is 0 Å². The minimum Gasteiger partial charge on any atom is -0.480 e. The van der Waals surface area contributed by atoms with Crippen molar-refractivity contribution in [3.8, 4) is 0 Å². The Morgan fingerprint density at radius 1 is 1.39 bits per heavy atom. The molecule has 0 atom stereocenters. The van der Waals surface area contributed by atoms with Gasteiger partial charge in [-0.3, -0.25) is 4.79 Å². The SMILES string of the molecule is Cc1cc(F)ccc1S(=O)(=O)NC(C)(C)C(=O)O. The maximum atomic E-state index is 12.9. The van der Waals surface area contributed by atoms with Gasteiger partial charge in [-0.1, -0.05) is 0 Å². The average molecular weight is 275 g/mol. The smallest absolute Gasteiger partial charge is 0.324 e. The van der Waals surface area contributed by atoms with E-state index < -0.39 is 27.3 Å².